The maximum Gasteiger partial charge on any atom is 0.220 e. The molecular formula is C15H24N4O2. The van der Waals surface area contributed by atoms with Crippen LogP contribution in [0.25, 0.3) is 0 Å². The van der Waals surface area contributed by atoms with E-state index in [0.717, 1.165) is 44.5 Å². The van der Waals surface area contributed by atoms with E-state index in [1.807, 2.05) is 12.4 Å². The van der Waals surface area contributed by atoms with Gasteiger partial charge in [-0.1, -0.05) is 0 Å². The summed E-state index contributed by atoms with van der Waals surface area (Å²) in [6.45, 7) is 4.86. The molecule has 0 bridgehead atoms. The number of aryl methyl sites for hydroxylation is 1. The van der Waals surface area contributed by atoms with Crippen LogP contribution in [0.3, 0.4) is 0 Å². The van der Waals surface area contributed by atoms with Crippen LogP contribution in [0.4, 0.5) is 0 Å². The number of nitrogens with zero attached hydrogens (tertiary/aromatic N) is 2. The molecule has 1 amide bonds. The van der Waals surface area contributed by atoms with E-state index in [9.17, 15) is 4.79 Å². The summed E-state index contributed by atoms with van der Waals surface area (Å²) in [7, 11) is 0. The van der Waals surface area contributed by atoms with Gasteiger partial charge in [-0.05, 0) is 31.7 Å². The van der Waals surface area contributed by atoms with E-state index in [0.29, 0.717) is 18.6 Å². The highest BCUT2D eigenvalue weighted by Crippen LogP contribution is 2.23. The second-order valence-corrected chi connectivity index (χ2v) is 6.21. The SMILES string of the molecule is C[C@@H]1CN2C[C@H](NC(=O)CCCc3cn[nH]c3)C[C@H]2CO1. The summed E-state index contributed by atoms with van der Waals surface area (Å²) in [4.78, 5) is 14.5. The van der Waals surface area contributed by atoms with Gasteiger partial charge in [-0.25, -0.2) is 0 Å². The third kappa shape index (κ3) is 3.83. The fourth-order valence-electron chi connectivity index (χ4n) is 3.31. The van der Waals surface area contributed by atoms with Crippen LogP contribution in [-0.2, 0) is 16.0 Å². The van der Waals surface area contributed by atoms with Gasteiger partial charge in [-0.15, -0.1) is 0 Å². The van der Waals surface area contributed by atoms with Crippen molar-refractivity contribution in [3.8, 4) is 0 Å². The van der Waals surface area contributed by atoms with Crippen LogP contribution in [0.15, 0.2) is 12.4 Å². The number of nitrogens with one attached hydrogen (secondary N) is 2. The lowest BCUT2D eigenvalue weighted by molar-refractivity contribution is -0.121. The Morgan fingerprint density at radius 1 is 1.57 bits per heavy atom. The van der Waals surface area contributed by atoms with Gasteiger partial charge in [0.1, 0.15) is 0 Å². The number of H-pyrrole nitrogens is 1. The minimum Gasteiger partial charge on any atom is -0.376 e. The van der Waals surface area contributed by atoms with Crippen molar-refractivity contribution in [2.75, 3.05) is 19.7 Å². The molecule has 0 unspecified atom stereocenters. The first-order valence-electron chi connectivity index (χ1n) is 7.83. The zero-order valence-electron chi connectivity index (χ0n) is 12.5. The van der Waals surface area contributed by atoms with Crippen LogP contribution < -0.4 is 5.32 Å². The van der Waals surface area contributed by atoms with Gasteiger partial charge in [0.25, 0.3) is 0 Å². The molecule has 2 aliphatic heterocycles. The van der Waals surface area contributed by atoms with Gasteiger partial charge in [0.05, 0.1) is 18.9 Å². The van der Waals surface area contributed by atoms with Gasteiger partial charge in [-0.2, -0.15) is 5.10 Å². The monoisotopic (exact) mass is 292 g/mol. The standard InChI is InChI=1S/C15H24N4O2/c1-11-8-19-9-13(5-14(19)10-21-11)18-15(20)4-2-3-12-6-16-17-7-12/h6-7,11,13-14H,2-5,8-10H2,1H3,(H,16,17)(H,18,20)/t11-,13-,14+/m1/s1. The predicted molar refractivity (Wildman–Crippen MR) is 78.8 cm³/mol. The number of aromatic amines is 1. The van der Waals surface area contributed by atoms with Crippen LogP contribution >= 0.6 is 0 Å². The van der Waals surface area contributed by atoms with Gasteiger partial charge in [0.15, 0.2) is 0 Å². The molecule has 2 aliphatic rings. The Morgan fingerprint density at radius 3 is 3.29 bits per heavy atom. The van der Waals surface area contributed by atoms with E-state index in [-0.39, 0.29) is 11.9 Å². The summed E-state index contributed by atoms with van der Waals surface area (Å²) in [5.74, 6) is 0.164. The third-order valence-electron chi connectivity index (χ3n) is 4.38. The number of carbonyl (C=O) groups is 1. The highest BCUT2D eigenvalue weighted by molar-refractivity contribution is 5.76. The number of carbonyl (C=O) groups excluding carboxylic acids is 1. The lowest BCUT2D eigenvalue weighted by atomic mass is 10.1. The van der Waals surface area contributed by atoms with E-state index in [2.05, 4.69) is 27.3 Å². The molecule has 1 aromatic rings. The summed E-state index contributed by atoms with van der Waals surface area (Å²) in [5.41, 5.74) is 1.16. The van der Waals surface area contributed by atoms with Crippen molar-refractivity contribution in [3.05, 3.63) is 18.0 Å². The average Bonchev–Trinajstić information content (AvgIpc) is 3.07. The molecule has 116 valence electrons. The molecule has 6 heteroatoms. The number of hydrogen-bond donors (Lipinski definition) is 2. The van der Waals surface area contributed by atoms with Crippen molar-refractivity contribution in [1.82, 2.24) is 20.4 Å². The normalized spacial score (nSPS) is 29.3. The predicted octanol–water partition coefficient (Wildman–Crippen LogP) is 0.710. The van der Waals surface area contributed by atoms with Crippen LogP contribution in [0.5, 0.6) is 0 Å². The zero-order chi connectivity index (χ0) is 14.7. The van der Waals surface area contributed by atoms with E-state index in [1.165, 1.54) is 0 Å². The molecule has 3 heterocycles. The molecule has 0 aliphatic carbocycles. The molecule has 2 N–H and O–H groups in total. The van der Waals surface area contributed by atoms with Crippen LogP contribution in [0.2, 0.25) is 0 Å². The van der Waals surface area contributed by atoms with Crippen LogP contribution in [0.1, 0.15) is 31.7 Å². The number of hydrogen-bond acceptors (Lipinski definition) is 4. The summed E-state index contributed by atoms with van der Waals surface area (Å²) in [5, 5.41) is 9.87. The highest BCUT2D eigenvalue weighted by Gasteiger charge is 2.36. The second-order valence-electron chi connectivity index (χ2n) is 6.21. The Kier molecular flexibility index (Phi) is 4.55. The molecule has 3 atom stereocenters. The largest absolute Gasteiger partial charge is 0.376 e. The Labute approximate surface area is 125 Å². The van der Waals surface area contributed by atoms with Crippen molar-refractivity contribution >= 4 is 5.91 Å². The molecule has 2 fully saturated rings. The van der Waals surface area contributed by atoms with E-state index < -0.39 is 0 Å². The fourth-order valence-corrected chi connectivity index (χ4v) is 3.31. The zero-order valence-corrected chi connectivity index (χ0v) is 12.5. The first-order chi connectivity index (χ1) is 10.2. The molecule has 0 radical (unpaired) electrons. The van der Waals surface area contributed by atoms with Crippen LogP contribution in [-0.4, -0.2) is 58.9 Å². The number of morpholine rings is 1. The molecule has 0 aromatic carbocycles. The molecule has 2 saturated heterocycles. The lowest BCUT2D eigenvalue weighted by Gasteiger charge is -2.33. The summed E-state index contributed by atoms with van der Waals surface area (Å²) >= 11 is 0. The molecule has 3 rings (SSSR count). The summed E-state index contributed by atoms with van der Waals surface area (Å²) in [6.07, 6.45) is 7.37. The van der Waals surface area contributed by atoms with Crippen molar-refractivity contribution < 1.29 is 9.53 Å². The molecule has 0 saturated carbocycles. The average molecular weight is 292 g/mol. The van der Waals surface area contributed by atoms with Gasteiger partial charge >= 0.3 is 0 Å². The van der Waals surface area contributed by atoms with Gasteiger partial charge in [-0.3, -0.25) is 14.8 Å². The molecule has 21 heavy (non-hydrogen) atoms. The molecular weight excluding hydrogens is 268 g/mol. The number of aromatic nitrogens is 2. The van der Waals surface area contributed by atoms with Crippen molar-refractivity contribution in [1.29, 1.82) is 0 Å². The topological polar surface area (TPSA) is 70.2 Å². The highest BCUT2D eigenvalue weighted by atomic mass is 16.5. The van der Waals surface area contributed by atoms with Gasteiger partial charge in [0.2, 0.25) is 5.91 Å². The molecule has 1 aromatic heterocycles. The Balaban J connectivity index is 1.37. The minimum absolute atomic E-state index is 0.164. The van der Waals surface area contributed by atoms with Gasteiger partial charge in [0, 0.05) is 37.8 Å². The first kappa shape index (κ1) is 14.5. The number of amides is 1. The van der Waals surface area contributed by atoms with Crippen molar-refractivity contribution in [2.24, 2.45) is 0 Å². The summed E-state index contributed by atoms with van der Waals surface area (Å²) < 4.78 is 5.69. The van der Waals surface area contributed by atoms with Crippen molar-refractivity contribution in [2.45, 2.75) is 50.8 Å². The lowest BCUT2D eigenvalue weighted by Crippen LogP contribution is -2.45. The van der Waals surface area contributed by atoms with E-state index in [1.54, 1.807) is 0 Å². The van der Waals surface area contributed by atoms with E-state index in [4.69, 9.17) is 4.74 Å². The quantitative estimate of drug-likeness (QED) is 0.838. The fraction of sp³-hybridized carbons (Fsp3) is 0.733. The number of rotatable bonds is 5. The van der Waals surface area contributed by atoms with Crippen LogP contribution in [0, 0.1) is 0 Å². The first-order valence-corrected chi connectivity index (χ1v) is 7.83. The third-order valence-corrected chi connectivity index (χ3v) is 4.38. The molecule has 6 nitrogen and oxygen atoms in total. The van der Waals surface area contributed by atoms with E-state index >= 15 is 0 Å². The smallest absolute Gasteiger partial charge is 0.220 e. The Bertz CT molecular complexity index is 462. The second kappa shape index (κ2) is 6.58. The number of ether oxygens (including phenoxy) is 1. The Morgan fingerprint density at radius 2 is 2.48 bits per heavy atom. The van der Waals surface area contributed by atoms with Crippen molar-refractivity contribution in [3.63, 3.8) is 0 Å². The molecule has 0 spiro atoms. The summed E-state index contributed by atoms with van der Waals surface area (Å²) in [6, 6.07) is 0.766. The Hall–Kier alpha value is -1.40. The van der Waals surface area contributed by atoms with Gasteiger partial charge < -0.3 is 10.1 Å². The number of fused-ring (bicyclic) bond motifs is 1. The minimum atomic E-state index is 0.164. The maximum absolute atomic E-state index is 12.0. The maximum atomic E-state index is 12.0.